The Bertz CT molecular complexity index is 2260. The number of halogens is 6. The Morgan fingerprint density at radius 3 is 1.50 bits per heavy atom. The van der Waals surface area contributed by atoms with Gasteiger partial charge >= 0.3 is 0 Å². The number of hydrogen-bond acceptors (Lipinski definition) is 10. The fraction of sp³-hybridized carbons (Fsp3) is 0.0606. The molecule has 0 aliphatic rings. The Hall–Kier alpha value is -4.17. The van der Waals surface area contributed by atoms with Crippen LogP contribution >= 0.6 is 69.6 Å². The molecule has 0 unspecified atom stereocenters. The van der Waals surface area contributed by atoms with E-state index in [-0.39, 0.29) is 51.7 Å². The standard InChI is InChI=1S/C16H11Cl3N4O2.C11H9Cl2N3O.C6H6ClNO.Fe/c1-8-15(21-20-13-6-9(17)2-5-14(13)24)16(25)23(22-8)10-3-4-11(18)12(19)7-10;1-6-10(14-2)11(17)16(15-6)7-3-4-8(12)9(13)5-7;7-4-1-2-6(9)5(8)3-4;/h2-7,24-25H,1H3;3-5,17H,2H2,1H3;1-3,9H,8H2;. The molecule has 0 amide bonds. The van der Waals surface area contributed by atoms with Gasteiger partial charge in [-0.05, 0) is 93.4 Å². The molecule has 0 saturated carbocycles. The van der Waals surface area contributed by atoms with Gasteiger partial charge in [0.2, 0.25) is 11.8 Å². The number of aryl methyl sites for hydroxylation is 2. The summed E-state index contributed by atoms with van der Waals surface area (Å²) in [6, 6.07) is 18.7. The summed E-state index contributed by atoms with van der Waals surface area (Å²) in [4.78, 5) is 3.71. The second-order valence-corrected chi connectivity index (χ2v) is 12.7. The third-order valence-corrected chi connectivity index (χ3v) is 8.60. The molecule has 6 N–H and O–H groups in total. The molecule has 19 heteroatoms. The quantitative estimate of drug-likeness (QED) is 0.0376. The molecule has 6 aromatic rings. The number of azo groups is 1. The number of anilines is 1. The van der Waals surface area contributed by atoms with Gasteiger partial charge in [0.1, 0.15) is 22.9 Å². The summed E-state index contributed by atoms with van der Waals surface area (Å²) in [7, 11) is 0. The molecule has 12 nitrogen and oxygen atoms in total. The van der Waals surface area contributed by atoms with Crippen molar-refractivity contribution < 1.29 is 37.5 Å². The second-order valence-electron chi connectivity index (χ2n) is 10.2. The maximum atomic E-state index is 10.4. The van der Waals surface area contributed by atoms with E-state index in [4.69, 9.17) is 80.4 Å². The minimum absolute atomic E-state index is 0. The van der Waals surface area contributed by atoms with E-state index in [1.165, 1.54) is 39.7 Å². The monoisotopic (exact) mass is 864 g/mol. The van der Waals surface area contributed by atoms with Crippen LogP contribution in [0.4, 0.5) is 22.7 Å². The molecular weight excluding hydrogens is 841 g/mol. The average Bonchev–Trinajstić information content (AvgIpc) is 3.54. The Balaban J connectivity index is 0.000000233. The van der Waals surface area contributed by atoms with Crippen LogP contribution < -0.4 is 5.73 Å². The van der Waals surface area contributed by atoms with Gasteiger partial charge in [0, 0.05) is 27.1 Å². The molecule has 0 aliphatic carbocycles. The van der Waals surface area contributed by atoms with Gasteiger partial charge in [-0.2, -0.15) is 19.6 Å². The summed E-state index contributed by atoms with van der Waals surface area (Å²) in [6.45, 7) is 6.78. The third-order valence-electron chi connectivity index (χ3n) is 6.65. The minimum Gasteiger partial charge on any atom is -0.506 e. The van der Waals surface area contributed by atoms with Crippen LogP contribution in [0, 0.1) is 13.8 Å². The molecular formula is C33H26Cl6FeN8O4. The van der Waals surface area contributed by atoms with Gasteiger partial charge in [0.05, 0.1) is 48.5 Å². The Morgan fingerprint density at radius 1 is 0.596 bits per heavy atom. The number of hydrogen-bond donors (Lipinski definition) is 5. The van der Waals surface area contributed by atoms with Crippen molar-refractivity contribution in [2.75, 3.05) is 5.73 Å². The maximum Gasteiger partial charge on any atom is 0.243 e. The molecule has 0 aliphatic heterocycles. The molecule has 272 valence electrons. The van der Waals surface area contributed by atoms with Crippen LogP contribution in [0.15, 0.2) is 88.0 Å². The maximum absolute atomic E-state index is 10.4. The largest absolute Gasteiger partial charge is 0.506 e. The molecule has 0 bridgehead atoms. The minimum atomic E-state index is -0.221. The van der Waals surface area contributed by atoms with Crippen molar-refractivity contribution in [3.63, 3.8) is 0 Å². The molecule has 0 saturated heterocycles. The van der Waals surface area contributed by atoms with Crippen LogP contribution in [-0.4, -0.2) is 46.7 Å². The normalized spacial score (nSPS) is 10.5. The first-order valence-electron chi connectivity index (χ1n) is 14.2. The number of benzene rings is 4. The van der Waals surface area contributed by atoms with Crippen LogP contribution in [0.25, 0.3) is 11.4 Å². The Kier molecular flexibility index (Phi) is 15.1. The molecule has 0 atom stereocenters. The van der Waals surface area contributed by atoms with Crippen LogP contribution in [0.1, 0.15) is 11.4 Å². The topological polar surface area (TPSA) is 180 Å². The summed E-state index contributed by atoms with van der Waals surface area (Å²) in [5.74, 6) is -0.307. The van der Waals surface area contributed by atoms with E-state index in [0.717, 1.165) is 0 Å². The SMILES string of the molecule is C=Nc1c(C)nn(-c2ccc(Cl)c(Cl)c2)c1O.Cc1nn(-c2ccc(Cl)c(Cl)c2)c(O)c1N=Nc1cc(Cl)ccc1O.Nc1cc(Cl)ccc1O.[Fe]. The van der Waals surface area contributed by atoms with Gasteiger partial charge in [0.15, 0.2) is 5.69 Å². The van der Waals surface area contributed by atoms with Crippen molar-refractivity contribution in [2.24, 2.45) is 15.2 Å². The van der Waals surface area contributed by atoms with E-state index < -0.39 is 0 Å². The van der Waals surface area contributed by atoms with Crippen molar-refractivity contribution in [1.82, 2.24) is 19.6 Å². The molecule has 0 spiro atoms. The van der Waals surface area contributed by atoms with E-state index in [1.54, 1.807) is 56.3 Å². The van der Waals surface area contributed by atoms with Crippen LogP contribution in [0.2, 0.25) is 30.1 Å². The summed E-state index contributed by atoms with van der Waals surface area (Å²) in [6.07, 6.45) is 0. The number of aliphatic imine (C=N–C) groups is 1. The zero-order valence-corrected chi connectivity index (χ0v) is 32.4. The van der Waals surface area contributed by atoms with Gasteiger partial charge < -0.3 is 26.2 Å². The van der Waals surface area contributed by atoms with Crippen molar-refractivity contribution in [2.45, 2.75) is 13.8 Å². The first-order chi connectivity index (χ1) is 24.1. The number of aromatic hydroxyl groups is 4. The number of nitrogens with two attached hydrogens (primary N) is 1. The zero-order valence-electron chi connectivity index (χ0n) is 26.8. The fourth-order valence-corrected chi connectivity index (χ4v) is 5.05. The molecule has 6 rings (SSSR count). The molecule has 52 heavy (non-hydrogen) atoms. The number of phenols is 2. The van der Waals surface area contributed by atoms with Crippen LogP contribution in [0.3, 0.4) is 0 Å². The van der Waals surface area contributed by atoms with E-state index in [1.807, 2.05) is 0 Å². The van der Waals surface area contributed by atoms with Gasteiger partial charge in [0.25, 0.3) is 0 Å². The summed E-state index contributed by atoms with van der Waals surface area (Å²) >= 11 is 35.0. The average molecular weight is 867 g/mol. The van der Waals surface area contributed by atoms with E-state index in [0.29, 0.717) is 64.3 Å². The smallest absolute Gasteiger partial charge is 0.243 e. The predicted octanol–water partition coefficient (Wildman–Crippen LogP) is 11.1. The molecule has 2 aromatic heterocycles. The third kappa shape index (κ3) is 10.2. The van der Waals surface area contributed by atoms with Gasteiger partial charge in [-0.3, -0.25) is 4.99 Å². The van der Waals surface area contributed by atoms with Gasteiger partial charge in [-0.1, -0.05) is 69.6 Å². The van der Waals surface area contributed by atoms with E-state index >= 15 is 0 Å². The van der Waals surface area contributed by atoms with Crippen LogP contribution in [0.5, 0.6) is 23.3 Å². The fourth-order valence-electron chi connectivity index (χ4n) is 4.12. The molecule has 4 aromatic carbocycles. The zero-order chi connectivity index (χ0) is 37.6. The van der Waals surface area contributed by atoms with Crippen molar-refractivity contribution >= 4 is 99.1 Å². The number of phenolic OH excluding ortho intramolecular Hbond substituents is 2. The number of nitrogens with zero attached hydrogens (tertiary/aromatic N) is 7. The van der Waals surface area contributed by atoms with Crippen molar-refractivity contribution in [3.05, 3.63) is 114 Å². The van der Waals surface area contributed by atoms with Crippen LogP contribution in [-0.2, 0) is 17.1 Å². The first kappa shape index (κ1) is 42.2. The Labute approximate surface area is 337 Å². The number of nitrogen functional groups attached to an aromatic ring is 1. The predicted molar refractivity (Wildman–Crippen MR) is 204 cm³/mol. The summed E-state index contributed by atoms with van der Waals surface area (Å²) < 4.78 is 2.60. The van der Waals surface area contributed by atoms with Gasteiger partial charge in [-0.25, -0.2) is 0 Å². The first-order valence-corrected chi connectivity index (χ1v) is 16.5. The van der Waals surface area contributed by atoms with E-state index in [2.05, 4.69) is 32.1 Å². The Morgan fingerprint density at radius 2 is 1.06 bits per heavy atom. The van der Waals surface area contributed by atoms with Crippen molar-refractivity contribution in [1.29, 1.82) is 0 Å². The summed E-state index contributed by atoms with van der Waals surface area (Å²) in [5, 5.41) is 57.7. The van der Waals surface area contributed by atoms with E-state index in [9.17, 15) is 15.3 Å². The second kappa shape index (κ2) is 18.5. The van der Waals surface area contributed by atoms with Gasteiger partial charge in [-0.15, -0.1) is 10.2 Å². The van der Waals surface area contributed by atoms with Crippen molar-refractivity contribution in [3.8, 4) is 34.6 Å². The summed E-state index contributed by atoms with van der Waals surface area (Å²) in [5.41, 5.74) is 8.43. The molecule has 0 radical (unpaired) electrons. The number of rotatable bonds is 5. The number of aromatic nitrogens is 4. The molecule has 2 heterocycles. The molecule has 0 fully saturated rings.